The quantitative estimate of drug-likeness (QED) is 0.684. The summed E-state index contributed by atoms with van der Waals surface area (Å²) >= 11 is 1.80. The second-order valence-corrected chi connectivity index (χ2v) is 5.43. The lowest BCUT2D eigenvalue weighted by Crippen LogP contribution is -2.02. The van der Waals surface area contributed by atoms with E-state index in [1.807, 2.05) is 0 Å². The molecule has 1 heteroatoms. The van der Waals surface area contributed by atoms with Crippen LogP contribution >= 0.6 is 11.8 Å². The molecule has 0 fully saturated rings. The zero-order chi connectivity index (χ0) is 12.4. The first-order valence-corrected chi connectivity index (χ1v) is 7.53. The molecular formula is C17H16S. The molecule has 0 nitrogen and oxygen atoms in total. The Bertz CT molecular complexity index is 564. The van der Waals surface area contributed by atoms with E-state index in [9.17, 15) is 0 Å². The van der Waals surface area contributed by atoms with E-state index in [2.05, 4.69) is 60.9 Å². The molecule has 2 aromatic carbocycles. The summed E-state index contributed by atoms with van der Waals surface area (Å²) in [5.74, 6) is 0. The second kappa shape index (κ2) is 5.03. The summed E-state index contributed by atoms with van der Waals surface area (Å²) < 4.78 is 0. The summed E-state index contributed by atoms with van der Waals surface area (Å²) in [6.07, 6.45) is 4.54. The molecule has 2 aromatic rings. The average Bonchev–Trinajstić information content (AvgIpc) is 2.40. The van der Waals surface area contributed by atoms with Crippen molar-refractivity contribution in [1.29, 1.82) is 0 Å². The van der Waals surface area contributed by atoms with Crippen LogP contribution in [0.3, 0.4) is 0 Å². The summed E-state index contributed by atoms with van der Waals surface area (Å²) in [6.45, 7) is 0. The number of thioether (sulfide) groups is 1. The van der Waals surface area contributed by atoms with Gasteiger partial charge in [0, 0.05) is 4.90 Å². The molecule has 18 heavy (non-hydrogen) atoms. The third-order valence-electron chi connectivity index (χ3n) is 3.55. The van der Waals surface area contributed by atoms with Crippen LogP contribution in [0.1, 0.15) is 24.0 Å². The van der Waals surface area contributed by atoms with Crippen LogP contribution < -0.4 is 0 Å². The molecule has 0 amide bonds. The number of rotatable bonds is 3. The molecule has 0 aliphatic heterocycles. The maximum absolute atomic E-state index is 2.25. The first kappa shape index (κ1) is 11.6. The zero-order valence-electron chi connectivity index (χ0n) is 10.5. The van der Waals surface area contributed by atoms with Crippen LogP contribution in [0.25, 0.3) is 11.1 Å². The summed E-state index contributed by atoms with van der Waals surface area (Å²) in [6, 6.07) is 19.7. The van der Waals surface area contributed by atoms with Gasteiger partial charge in [-0.25, -0.2) is 0 Å². The van der Waals surface area contributed by atoms with E-state index >= 15 is 0 Å². The minimum atomic E-state index is 1.21. The van der Waals surface area contributed by atoms with Crippen LogP contribution in [0.2, 0.25) is 0 Å². The molecule has 90 valence electrons. The Morgan fingerprint density at radius 1 is 0.722 bits per heavy atom. The van der Waals surface area contributed by atoms with Gasteiger partial charge in [-0.2, -0.15) is 0 Å². The van der Waals surface area contributed by atoms with Crippen molar-refractivity contribution in [3.63, 3.8) is 0 Å². The second-order valence-electron chi connectivity index (χ2n) is 4.55. The van der Waals surface area contributed by atoms with Crippen molar-refractivity contribution in [2.24, 2.45) is 0 Å². The monoisotopic (exact) mass is 252 g/mol. The summed E-state index contributed by atoms with van der Waals surface area (Å²) in [4.78, 5) is 1.33. The minimum absolute atomic E-state index is 1.21. The molecule has 1 aliphatic rings. The van der Waals surface area contributed by atoms with Crippen molar-refractivity contribution in [2.75, 3.05) is 6.26 Å². The molecule has 0 N–H and O–H groups in total. The van der Waals surface area contributed by atoms with E-state index < -0.39 is 0 Å². The fourth-order valence-corrected chi connectivity index (χ4v) is 2.85. The average molecular weight is 252 g/mol. The number of hydrogen-bond acceptors (Lipinski definition) is 1. The third-order valence-corrected chi connectivity index (χ3v) is 4.29. The number of benzene rings is 2. The molecular weight excluding hydrogens is 236 g/mol. The maximum atomic E-state index is 2.25. The molecule has 1 aliphatic carbocycles. The van der Waals surface area contributed by atoms with Gasteiger partial charge in [0.1, 0.15) is 0 Å². The van der Waals surface area contributed by atoms with Crippen molar-refractivity contribution in [3.8, 4) is 0 Å². The van der Waals surface area contributed by atoms with Gasteiger partial charge in [0.2, 0.25) is 0 Å². The van der Waals surface area contributed by atoms with Crippen molar-refractivity contribution >= 4 is 22.9 Å². The number of allylic oxidation sites excluding steroid dienone is 2. The highest BCUT2D eigenvalue weighted by atomic mass is 32.2. The molecule has 0 heterocycles. The third kappa shape index (κ3) is 2.11. The maximum Gasteiger partial charge on any atom is 0.00695 e. The Labute approximate surface area is 113 Å². The highest BCUT2D eigenvalue weighted by Gasteiger charge is 2.19. The van der Waals surface area contributed by atoms with E-state index in [1.54, 1.807) is 11.8 Å². The van der Waals surface area contributed by atoms with Crippen molar-refractivity contribution in [2.45, 2.75) is 17.7 Å². The van der Waals surface area contributed by atoms with E-state index in [-0.39, 0.29) is 0 Å². The van der Waals surface area contributed by atoms with Crippen molar-refractivity contribution < 1.29 is 0 Å². The van der Waals surface area contributed by atoms with Gasteiger partial charge in [-0.15, -0.1) is 11.8 Å². The Balaban J connectivity index is 1.96. The van der Waals surface area contributed by atoms with Gasteiger partial charge in [-0.3, -0.25) is 0 Å². The van der Waals surface area contributed by atoms with Gasteiger partial charge in [0.15, 0.2) is 0 Å². The van der Waals surface area contributed by atoms with E-state index in [1.165, 1.54) is 40.0 Å². The smallest absolute Gasteiger partial charge is 0.00695 e. The van der Waals surface area contributed by atoms with Gasteiger partial charge < -0.3 is 0 Å². The Morgan fingerprint density at radius 2 is 1.28 bits per heavy atom. The first-order chi connectivity index (χ1) is 8.88. The summed E-state index contributed by atoms with van der Waals surface area (Å²) in [5.41, 5.74) is 5.81. The van der Waals surface area contributed by atoms with Crippen molar-refractivity contribution in [3.05, 3.63) is 65.7 Å². The fraction of sp³-hybridized carbons (Fsp3) is 0.176. The minimum Gasteiger partial charge on any atom is -0.130 e. The van der Waals surface area contributed by atoms with Crippen LogP contribution in [0.4, 0.5) is 0 Å². The van der Waals surface area contributed by atoms with Gasteiger partial charge in [0.05, 0.1) is 0 Å². The highest BCUT2D eigenvalue weighted by Crippen LogP contribution is 2.42. The van der Waals surface area contributed by atoms with Crippen molar-refractivity contribution in [1.82, 2.24) is 0 Å². The Morgan fingerprint density at radius 3 is 1.78 bits per heavy atom. The zero-order valence-corrected chi connectivity index (χ0v) is 11.3. The summed E-state index contributed by atoms with van der Waals surface area (Å²) in [7, 11) is 0. The lowest BCUT2D eigenvalue weighted by atomic mass is 9.80. The fourth-order valence-electron chi connectivity index (χ4n) is 2.44. The van der Waals surface area contributed by atoms with Gasteiger partial charge in [-0.05, 0) is 53.5 Å². The topological polar surface area (TPSA) is 0 Å². The first-order valence-electron chi connectivity index (χ1n) is 6.30. The van der Waals surface area contributed by atoms with E-state index in [0.717, 1.165) is 0 Å². The van der Waals surface area contributed by atoms with Gasteiger partial charge in [-0.1, -0.05) is 42.5 Å². The molecule has 0 unspecified atom stereocenters. The molecule has 0 saturated heterocycles. The predicted molar refractivity (Wildman–Crippen MR) is 80.7 cm³/mol. The van der Waals surface area contributed by atoms with Crippen LogP contribution in [0.15, 0.2) is 59.5 Å². The molecule has 0 atom stereocenters. The lowest BCUT2D eigenvalue weighted by Gasteiger charge is -2.25. The van der Waals surface area contributed by atoms with Crippen LogP contribution in [0.5, 0.6) is 0 Å². The molecule has 0 aromatic heterocycles. The molecule has 3 rings (SSSR count). The molecule has 0 spiro atoms. The van der Waals surface area contributed by atoms with Crippen LogP contribution in [0, 0.1) is 0 Å². The predicted octanol–water partition coefficient (Wildman–Crippen LogP) is 5.11. The summed E-state index contributed by atoms with van der Waals surface area (Å²) in [5, 5.41) is 0. The van der Waals surface area contributed by atoms with Crippen LogP contribution in [-0.4, -0.2) is 6.26 Å². The Kier molecular flexibility index (Phi) is 3.24. The van der Waals surface area contributed by atoms with E-state index in [4.69, 9.17) is 0 Å². The highest BCUT2D eigenvalue weighted by molar-refractivity contribution is 7.98. The van der Waals surface area contributed by atoms with E-state index in [0.29, 0.717) is 0 Å². The largest absolute Gasteiger partial charge is 0.130 e. The van der Waals surface area contributed by atoms with Gasteiger partial charge in [0.25, 0.3) is 0 Å². The lowest BCUT2D eigenvalue weighted by molar-refractivity contribution is 1.01. The van der Waals surface area contributed by atoms with Crippen LogP contribution in [-0.2, 0) is 0 Å². The molecule has 0 radical (unpaired) electrons. The SMILES string of the molecule is CSc1ccc(C2=C(c3ccccc3)CC2)cc1. The standard InChI is InChI=1S/C17H16S/c1-18-15-9-7-14(8-10-15)17-12-11-16(17)13-5-3-2-4-6-13/h2-10H,11-12H2,1H3. The molecule has 0 saturated carbocycles. The van der Waals surface area contributed by atoms with Gasteiger partial charge >= 0.3 is 0 Å². The molecule has 0 bridgehead atoms. The number of hydrogen-bond donors (Lipinski definition) is 0. The Hall–Kier alpha value is -1.47. The normalized spacial score (nSPS) is 14.5.